The van der Waals surface area contributed by atoms with Gasteiger partial charge in [-0.25, -0.2) is 0 Å². The van der Waals surface area contributed by atoms with Crippen LogP contribution in [0.2, 0.25) is 0 Å². The van der Waals surface area contributed by atoms with Crippen molar-refractivity contribution in [2.75, 3.05) is 98.3 Å². The first-order valence-electron chi connectivity index (χ1n) is 20.9. The third kappa shape index (κ3) is 12.3. The smallest absolute Gasteiger partial charge is 0.252 e. The molecule has 0 aromatic rings. The van der Waals surface area contributed by atoms with Crippen molar-refractivity contribution in [3.8, 4) is 0 Å². The number of aliphatic hydroxyl groups excluding tert-OH is 1. The zero-order chi connectivity index (χ0) is 40.4. The molecule has 0 heterocycles. The van der Waals surface area contributed by atoms with Crippen molar-refractivity contribution in [1.82, 2.24) is 10.6 Å². The van der Waals surface area contributed by atoms with E-state index in [0.29, 0.717) is 91.3 Å². The lowest BCUT2D eigenvalue weighted by Gasteiger charge is -2.59. The van der Waals surface area contributed by atoms with Gasteiger partial charge >= 0.3 is 0 Å². The molecule has 56 heavy (non-hydrogen) atoms. The van der Waals surface area contributed by atoms with Crippen LogP contribution in [0, 0.1) is 34.5 Å². The minimum Gasteiger partial charge on any atom is -0.393 e. The molecule has 4 rings (SSSR count). The molecule has 320 valence electrons. The van der Waals surface area contributed by atoms with Crippen molar-refractivity contribution in [1.29, 1.82) is 0 Å². The third-order valence-electron chi connectivity index (χ3n) is 12.7. The highest BCUT2D eigenvalue weighted by molar-refractivity contribution is 6.17. The molecule has 3 saturated carbocycles. The van der Waals surface area contributed by atoms with E-state index < -0.39 is 28.4 Å². The lowest BCUT2D eigenvalue weighted by molar-refractivity contribution is -0.183. The Hall–Kier alpha value is -1.94. The van der Waals surface area contributed by atoms with Gasteiger partial charge in [0.2, 0.25) is 5.91 Å². The van der Waals surface area contributed by atoms with Crippen molar-refractivity contribution < 1.29 is 53.0 Å². The Morgan fingerprint density at radius 2 is 1.39 bits per heavy atom. The van der Waals surface area contributed by atoms with Gasteiger partial charge in [-0.3, -0.25) is 14.4 Å². The highest BCUT2D eigenvalue weighted by Crippen LogP contribution is 2.68. The molecule has 0 aliphatic heterocycles. The Balaban J connectivity index is 0.965. The van der Waals surface area contributed by atoms with Crippen molar-refractivity contribution in [2.24, 2.45) is 34.5 Å². The summed E-state index contributed by atoms with van der Waals surface area (Å²) in [5, 5.41) is 29.5. The van der Waals surface area contributed by atoms with Crippen LogP contribution in [-0.4, -0.2) is 138 Å². The molecule has 4 aliphatic carbocycles. The molecule has 2 amide bonds. The van der Waals surface area contributed by atoms with Gasteiger partial charge in [0.25, 0.3) is 5.91 Å². The van der Waals surface area contributed by atoms with Crippen LogP contribution in [0.3, 0.4) is 0 Å². The fraction of sp³-hybridized carbons (Fsp3) is 0.833. The van der Waals surface area contributed by atoms with E-state index in [1.165, 1.54) is 0 Å². The maximum atomic E-state index is 13.7. The summed E-state index contributed by atoms with van der Waals surface area (Å²) in [5.74, 6) is 0.106. The Morgan fingerprint density at radius 1 is 0.821 bits per heavy atom. The van der Waals surface area contributed by atoms with E-state index in [-0.39, 0.29) is 54.9 Å². The quantitative estimate of drug-likeness (QED) is 0.0670. The lowest BCUT2D eigenvalue weighted by Crippen LogP contribution is -2.64. The van der Waals surface area contributed by atoms with Crippen molar-refractivity contribution in [2.45, 2.75) is 90.3 Å². The zero-order valence-electron chi connectivity index (χ0n) is 34.0. The molecular weight excluding hydrogens is 744 g/mol. The average molecular weight is 813 g/mol. The normalized spacial score (nSPS) is 30.7. The van der Waals surface area contributed by atoms with Crippen LogP contribution in [0.5, 0.6) is 0 Å². The second-order valence-corrected chi connectivity index (χ2v) is 16.6. The number of hydrogen-bond donors (Lipinski definition) is 4. The van der Waals surface area contributed by atoms with E-state index in [1.807, 2.05) is 19.9 Å². The number of fused-ring (bicyclic) bond motifs is 5. The van der Waals surface area contributed by atoms with E-state index >= 15 is 0 Å². The number of ether oxygens (including phenoxy) is 6. The minimum atomic E-state index is -1.61. The first-order valence-corrected chi connectivity index (χ1v) is 21.4. The Labute approximate surface area is 338 Å². The van der Waals surface area contributed by atoms with E-state index in [2.05, 4.69) is 17.6 Å². The third-order valence-corrected chi connectivity index (χ3v) is 12.9. The summed E-state index contributed by atoms with van der Waals surface area (Å²) in [5.41, 5.74) is -1.70. The molecule has 13 nitrogen and oxygen atoms in total. The van der Waals surface area contributed by atoms with Gasteiger partial charge in [-0.15, -0.1) is 11.6 Å². The number of allylic oxidation sites excluding steroid dienone is 4. The molecule has 0 radical (unpaired) electrons. The van der Waals surface area contributed by atoms with Crippen LogP contribution in [0.15, 0.2) is 23.8 Å². The number of ketones is 1. The van der Waals surface area contributed by atoms with Crippen LogP contribution < -0.4 is 10.6 Å². The van der Waals surface area contributed by atoms with Gasteiger partial charge in [-0.2, -0.15) is 0 Å². The highest BCUT2D eigenvalue weighted by atomic mass is 35.5. The van der Waals surface area contributed by atoms with Gasteiger partial charge in [-0.1, -0.05) is 45.3 Å². The predicted octanol–water partition coefficient (Wildman–Crippen LogP) is 3.76. The largest absolute Gasteiger partial charge is 0.393 e. The van der Waals surface area contributed by atoms with Gasteiger partial charge in [-0.05, 0) is 68.4 Å². The van der Waals surface area contributed by atoms with E-state index in [1.54, 1.807) is 12.2 Å². The van der Waals surface area contributed by atoms with E-state index in [4.69, 9.17) is 40.0 Å². The van der Waals surface area contributed by atoms with Crippen LogP contribution in [0.4, 0.5) is 0 Å². The van der Waals surface area contributed by atoms with Gasteiger partial charge in [0, 0.05) is 48.7 Å². The summed E-state index contributed by atoms with van der Waals surface area (Å²) in [6.45, 7) is 11.9. The van der Waals surface area contributed by atoms with Gasteiger partial charge in [0.15, 0.2) is 11.4 Å². The summed E-state index contributed by atoms with van der Waals surface area (Å²) in [7, 11) is 0. The van der Waals surface area contributed by atoms with Crippen molar-refractivity contribution in [3.63, 3.8) is 0 Å². The second kappa shape index (κ2) is 23.6. The SMILES string of the molecule is C[C@@H]1CC2C3CCC4=CC(=O)C=C[C@]4(C)C3[C@@H](O)C[C@]2(C)[C@@]1(O)C(=O)NCCOCCOCCOCCOCCC(=O)NCCOCCOCCCCCCCl. The first-order chi connectivity index (χ1) is 27.0. The van der Waals surface area contributed by atoms with Gasteiger partial charge in [0.1, 0.15) is 0 Å². The first kappa shape index (κ1) is 46.7. The molecule has 0 saturated heterocycles. The number of unbranched alkanes of at least 4 members (excludes halogenated alkanes) is 3. The number of rotatable bonds is 28. The molecule has 0 bridgehead atoms. The Bertz CT molecular complexity index is 1300. The zero-order valence-corrected chi connectivity index (χ0v) is 34.8. The lowest BCUT2D eigenvalue weighted by atomic mass is 9.46. The van der Waals surface area contributed by atoms with Crippen LogP contribution in [-0.2, 0) is 42.8 Å². The Kier molecular flexibility index (Phi) is 19.7. The summed E-state index contributed by atoms with van der Waals surface area (Å²) < 4.78 is 33.2. The number of carbonyl (C=O) groups excluding carboxylic acids is 3. The van der Waals surface area contributed by atoms with E-state index in [0.717, 1.165) is 50.7 Å². The summed E-state index contributed by atoms with van der Waals surface area (Å²) in [4.78, 5) is 37.7. The van der Waals surface area contributed by atoms with Crippen molar-refractivity contribution >= 4 is 29.2 Å². The van der Waals surface area contributed by atoms with Crippen LogP contribution >= 0.6 is 11.6 Å². The summed E-state index contributed by atoms with van der Waals surface area (Å²) in [6.07, 6.45) is 11.9. The molecule has 4 N–H and O–H groups in total. The molecule has 14 heteroatoms. The number of halogens is 1. The number of nitrogens with one attached hydrogen (secondary N) is 2. The minimum absolute atomic E-state index is 0.000492. The Morgan fingerprint density at radius 3 is 2.04 bits per heavy atom. The van der Waals surface area contributed by atoms with Gasteiger partial charge in [0.05, 0.1) is 78.8 Å². The predicted molar refractivity (Wildman–Crippen MR) is 212 cm³/mol. The molecule has 4 aliphatic rings. The number of carbonyl (C=O) groups is 3. The maximum absolute atomic E-state index is 13.7. The standard InChI is InChI=1S/C42H69ClN2O11/c1-31-28-35-34-9-8-32-29-33(46)10-12-40(32,2)38(34)36(47)30-41(35,3)42(31,50)39(49)45-15-19-54-23-25-56-27-26-55-24-21-52-17-11-37(48)44-14-18-53-22-20-51-16-7-5-4-6-13-43/h10,12,29,31,34-36,38,47,50H,4-9,11,13-28,30H2,1-3H3,(H,44,48)(H,45,49)/t31-,34?,35?,36+,38?,40+,41+,42+/m1/s1. The molecule has 0 spiro atoms. The average Bonchev–Trinajstić information content (AvgIpc) is 3.38. The summed E-state index contributed by atoms with van der Waals surface area (Å²) >= 11 is 5.66. The molecule has 8 atom stereocenters. The van der Waals surface area contributed by atoms with Crippen LogP contribution in [0.25, 0.3) is 0 Å². The molecule has 3 fully saturated rings. The maximum Gasteiger partial charge on any atom is 0.252 e. The molecule has 0 aromatic carbocycles. The van der Waals surface area contributed by atoms with Gasteiger partial charge < -0.3 is 49.3 Å². The fourth-order valence-corrected chi connectivity index (χ4v) is 9.96. The van der Waals surface area contributed by atoms with E-state index in [9.17, 15) is 24.6 Å². The molecule has 3 unspecified atom stereocenters. The monoisotopic (exact) mass is 812 g/mol. The van der Waals surface area contributed by atoms with Crippen LogP contribution in [0.1, 0.15) is 78.6 Å². The molecular formula is C42H69ClN2O11. The number of amides is 2. The number of hydrogen-bond acceptors (Lipinski definition) is 11. The summed E-state index contributed by atoms with van der Waals surface area (Å²) in [6, 6.07) is 0. The number of aliphatic hydroxyl groups is 2. The number of alkyl halides is 1. The fourth-order valence-electron chi connectivity index (χ4n) is 9.77. The molecule has 0 aromatic heterocycles. The highest BCUT2D eigenvalue weighted by Gasteiger charge is 2.70. The second-order valence-electron chi connectivity index (χ2n) is 16.2. The topological polar surface area (TPSA) is 171 Å². The van der Waals surface area contributed by atoms with Crippen molar-refractivity contribution in [3.05, 3.63) is 23.8 Å².